The van der Waals surface area contributed by atoms with Crippen LogP contribution >= 0.6 is 0 Å². The maximum absolute atomic E-state index is 12.3. The van der Waals surface area contributed by atoms with Crippen molar-refractivity contribution in [2.24, 2.45) is 0 Å². The lowest BCUT2D eigenvalue weighted by molar-refractivity contribution is 0.0949. The number of carbonyl (C=O) groups excluding carboxylic acids is 1. The number of amides is 1. The van der Waals surface area contributed by atoms with Crippen molar-refractivity contribution in [2.45, 2.75) is 33.6 Å². The van der Waals surface area contributed by atoms with E-state index in [1.807, 2.05) is 30.3 Å². The Balaban J connectivity index is 1.65. The minimum atomic E-state index is -0.0613. The van der Waals surface area contributed by atoms with Crippen molar-refractivity contribution in [2.75, 3.05) is 31.5 Å². The average Bonchev–Trinajstić information content (AvgIpc) is 3.19. The van der Waals surface area contributed by atoms with E-state index in [0.717, 1.165) is 31.0 Å². The third kappa shape index (κ3) is 5.08. The number of nitrogens with zero attached hydrogens (tertiary/aromatic N) is 5. The minimum absolute atomic E-state index is 0.0613. The van der Waals surface area contributed by atoms with Crippen LogP contribution in [-0.4, -0.2) is 56.6 Å². The number of hydrogen-bond donors (Lipinski definition) is 2. The Kier molecular flexibility index (Phi) is 6.77. The smallest absolute Gasteiger partial charge is 0.254 e. The third-order valence-corrected chi connectivity index (χ3v) is 4.90. The summed E-state index contributed by atoms with van der Waals surface area (Å²) in [6, 6.07) is 9.36. The molecule has 154 valence electrons. The number of fused-ring (bicyclic) bond motifs is 1. The van der Waals surface area contributed by atoms with Gasteiger partial charge in [-0.05, 0) is 43.3 Å². The second-order valence-corrected chi connectivity index (χ2v) is 7.18. The third-order valence-electron chi connectivity index (χ3n) is 4.90. The van der Waals surface area contributed by atoms with Crippen molar-refractivity contribution in [3.8, 4) is 0 Å². The molecule has 3 aromatic rings. The van der Waals surface area contributed by atoms with Gasteiger partial charge in [-0.1, -0.05) is 27.7 Å². The predicted molar refractivity (Wildman–Crippen MR) is 115 cm³/mol. The molecule has 2 N–H and O–H groups in total. The fourth-order valence-electron chi connectivity index (χ4n) is 3.13. The molecule has 0 aliphatic rings. The molecular formula is C21H29N7O. The highest BCUT2D eigenvalue weighted by atomic mass is 16.1. The summed E-state index contributed by atoms with van der Waals surface area (Å²) >= 11 is 0. The molecule has 0 saturated heterocycles. The van der Waals surface area contributed by atoms with Gasteiger partial charge in [0.25, 0.3) is 11.7 Å². The maximum Gasteiger partial charge on any atom is 0.254 e. The molecule has 0 bridgehead atoms. The zero-order valence-corrected chi connectivity index (χ0v) is 17.5. The Labute approximate surface area is 171 Å². The Hall–Kier alpha value is -3.00. The van der Waals surface area contributed by atoms with Crippen molar-refractivity contribution in [1.29, 1.82) is 0 Å². The van der Waals surface area contributed by atoms with E-state index in [1.165, 1.54) is 6.33 Å². The van der Waals surface area contributed by atoms with E-state index in [-0.39, 0.29) is 11.8 Å². The molecule has 1 amide bonds. The number of anilines is 2. The van der Waals surface area contributed by atoms with E-state index in [4.69, 9.17) is 0 Å². The van der Waals surface area contributed by atoms with Crippen LogP contribution in [0.3, 0.4) is 0 Å². The van der Waals surface area contributed by atoms with Crippen molar-refractivity contribution >= 4 is 23.2 Å². The first kappa shape index (κ1) is 20.7. The Bertz CT molecular complexity index is 945. The SMILES string of the molecule is CCN(CC)CCNC(=O)c1ccc(Nc2cc(C(C)C)n3ncnc3n2)cc1. The van der Waals surface area contributed by atoms with Crippen LogP contribution in [0.5, 0.6) is 0 Å². The maximum atomic E-state index is 12.3. The van der Waals surface area contributed by atoms with E-state index < -0.39 is 0 Å². The lowest BCUT2D eigenvalue weighted by atomic mass is 10.1. The fraction of sp³-hybridized carbons (Fsp3) is 0.429. The topological polar surface area (TPSA) is 87.5 Å². The molecule has 0 aliphatic carbocycles. The van der Waals surface area contributed by atoms with Gasteiger partial charge in [0.1, 0.15) is 12.1 Å². The van der Waals surface area contributed by atoms with Crippen LogP contribution in [0, 0.1) is 0 Å². The Morgan fingerprint density at radius 2 is 1.90 bits per heavy atom. The summed E-state index contributed by atoms with van der Waals surface area (Å²) in [5.41, 5.74) is 2.52. The molecule has 2 heterocycles. The quantitative estimate of drug-likeness (QED) is 0.579. The second-order valence-electron chi connectivity index (χ2n) is 7.18. The second kappa shape index (κ2) is 9.47. The first-order chi connectivity index (χ1) is 14.0. The van der Waals surface area contributed by atoms with Crippen molar-refractivity contribution in [3.63, 3.8) is 0 Å². The summed E-state index contributed by atoms with van der Waals surface area (Å²) in [6.45, 7) is 11.9. The van der Waals surface area contributed by atoms with Crippen molar-refractivity contribution < 1.29 is 4.79 Å². The molecule has 29 heavy (non-hydrogen) atoms. The van der Waals surface area contributed by atoms with Gasteiger partial charge in [-0.2, -0.15) is 15.1 Å². The zero-order valence-electron chi connectivity index (χ0n) is 17.5. The molecule has 0 spiro atoms. The molecule has 8 heteroatoms. The summed E-state index contributed by atoms with van der Waals surface area (Å²) in [7, 11) is 0. The van der Waals surface area contributed by atoms with Gasteiger partial charge in [-0.25, -0.2) is 4.52 Å². The lowest BCUT2D eigenvalue weighted by Crippen LogP contribution is -2.34. The van der Waals surface area contributed by atoms with Gasteiger partial charge < -0.3 is 15.5 Å². The Morgan fingerprint density at radius 1 is 1.17 bits per heavy atom. The summed E-state index contributed by atoms with van der Waals surface area (Å²) in [4.78, 5) is 23.3. The van der Waals surface area contributed by atoms with E-state index >= 15 is 0 Å². The summed E-state index contributed by atoms with van der Waals surface area (Å²) in [6.07, 6.45) is 1.51. The number of aromatic nitrogens is 4. The summed E-state index contributed by atoms with van der Waals surface area (Å²) < 4.78 is 1.75. The normalized spacial score (nSPS) is 11.4. The van der Waals surface area contributed by atoms with Crippen LogP contribution in [0.2, 0.25) is 0 Å². The van der Waals surface area contributed by atoms with Crippen LogP contribution < -0.4 is 10.6 Å². The summed E-state index contributed by atoms with van der Waals surface area (Å²) in [5.74, 6) is 1.48. The van der Waals surface area contributed by atoms with Gasteiger partial charge >= 0.3 is 0 Å². The largest absolute Gasteiger partial charge is 0.351 e. The first-order valence-corrected chi connectivity index (χ1v) is 10.1. The van der Waals surface area contributed by atoms with E-state index in [2.05, 4.69) is 58.3 Å². The van der Waals surface area contributed by atoms with E-state index in [9.17, 15) is 4.79 Å². The predicted octanol–water partition coefficient (Wildman–Crippen LogP) is 3.06. The monoisotopic (exact) mass is 395 g/mol. The van der Waals surface area contributed by atoms with E-state index in [0.29, 0.717) is 23.7 Å². The number of nitrogens with one attached hydrogen (secondary N) is 2. The van der Waals surface area contributed by atoms with Gasteiger partial charge in [0.2, 0.25) is 0 Å². The first-order valence-electron chi connectivity index (χ1n) is 10.1. The lowest BCUT2D eigenvalue weighted by Gasteiger charge is -2.18. The molecule has 0 atom stereocenters. The molecule has 2 aromatic heterocycles. The van der Waals surface area contributed by atoms with Crippen LogP contribution in [0.1, 0.15) is 49.7 Å². The standard InChI is InChI=1S/C21H29N7O/c1-5-27(6-2)12-11-22-20(29)16-7-9-17(10-8-16)25-19-13-18(15(3)4)28-21(26-19)23-14-24-28/h7-10,13-15H,5-6,11-12H2,1-4H3,(H,22,29)(H,23,24,25,26). The van der Waals surface area contributed by atoms with Gasteiger partial charge in [0.05, 0.1) is 5.69 Å². The van der Waals surface area contributed by atoms with Crippen molar-refractivity contribution in [3.05, 3.63) is 47.9 Å². The average molecular weight is 396 g/mol. The number of benzene rings is 1. The fourth-order valence-corrected chi connectivity index (χ4v) is 3.13. The highest BCUT2D eigenvalue weighted by Gasteiger charge is 2.11. The van der Waals surface area contributed by atoms with Crippen LogP contribution in [0.4, 0.5) is 11.5 Å². The van der Waals surface area contributed by atoms with Crippen LogP contribution in [-0.2, 0) is 0 Å². The number of likely N-dealkylation sites (N-methyl/N-ethyl adjacent to an activating group) is 1. The number of carbonyl (C=O) groups is 1. The zero-order chi connectivity index (χ0) is 20.8. The molecule has 3 rings (SSSR count). The number of rotatable bonds is 9. The molecule has 0 aliphatic heterocycles. The molecule has 0 unspecified atom stereocenters. The Morgan fingerprint density at radius 3 is 2.55 bits per heavy atom. The minimum Gasteiger partial charge on any atom is -0.351 e. The van der Waals surface area contributed by atoms with Crippen LogP contribution in [0.25, 0.3) is 5.78 Å². The molecule has 1 aromatic carbocycles. The summed E-state index contributed by atoms with van der Waals surface area (Å²) in [5, 5.41) is 10.5. The van der Waals surface area contributed by atoms with Crippen LogP contribution in [0.15, 0.2) is 36.7 Å². The van der Waals surface area contributed by atoms with E-state index in [1.54, 1.807) is 4.52 Å². The molecule has 0 saturated carbocycles. The molecular weight excluding hydrogens is 366 g/mol. The van der Waals surface area contributed by atoms with Crippen molar-refractivity contribution in [1.82, 2.24) is 29.8 Å². The molecule has 0 radical (unpaired) electrons. The van der Waals surface area contributed by atoms with Gasteiger partial charge in [0.15, 0.2) is 0 Å². The van der Waals surface area contributed by atoms with Gasteiger partial charge in [-0.15, -0.1) is 0 Å². The molecule has 0 fully saturated rings. The van der Waals surface area contributed by atoms with Gasteiger partial charge in [0, 0.05) is 30.4 Å². The number of hydrogen-bond acceptors (Lipinski definition) is 6. The highest BCUT2D eigenvalue weighted by molar-refractivity contribution is 5.94. The highest BCUT2D eigenvalue weighted by Crippen LogP contribution is 2.21. The van der Waals surface area contributed by atoms with Gasteiger partial charge in [-0.3, -0.25) is 4.79 Å². The molecule has 8 nitrogen and oxygen atoms in total.